The highest BCUT2D eigenvalue weighted by molar-refractivity contribution is 7.09. The number of nitrogens with zero attached hydrogens (tertiary/aromatic N) is 2. The van der Waals surface area contributed by atoms with Crippen molar-refractivity contribution in [3.8, 4) is 0 Å². The lowest BCUT2D eigenvalue weighted by Crippen LogP contribution is -2.47. The van der Waals surface area contributed by atoms with E-state index in [1.54, 1.807) is 11.3 Å². The zero-order valence-corrected chi connectivity index (χ0v) is 13.6. The maximum atomic E-state index is 6.17. The van der Waals surface area contributed by atoms with E-state index in [0.29, 0.717) is 12.5 Å². The summed E-state index contributed by atoms with van der Waals surface area (Å²) in [5, 5.41) is 2.10. The number of hydrogen-bond acceptors (Lipinski definition) is 4. The summed E-state index contributed by atoms with van der Waals surface area (Å²) in [6.45, 7) is 8.07. The van der Waals surface area contributed by atoms with E-state index in [1.807, 2.05) is 0 Å². The number of thiophene rings is 1. The second-order valence-electron chi connectivity index (χ2n) is 5.93. The van der Waals surface area contributed by atoms with Gasteiger partial charge < -0.3 is 10.6 Å². The molecule has 0 saturated carbocycles. The van der Waals surface area contributed by atoms with Gasteiger partial charge in [-0.1, -0.05) is 29.8 Å². The number of guanidine groups is 1. The van der Waals surface area contributed by atoms with Crippen LogP contribution in [0.1, 0.15) is 28.5 Å². The van der Waals surface area contributed by atoms with Gasteiger partial charge in [0.15, 0.2) is 5.96 Å². The van der Waals surface area contributed by atoms with Crippen LogP contribution in [0.15, 0.2) is 40.7 Å². The molecule has 0 radical (unpaired) electrons. The predicted octanol–water partition coefficient (Wildman–Crippen LogP) is 3.41. The molecule has 2 heterocycles. The summed E-state index contributed by atoms with van der Waals surface area (Å²) in [6.07, 6.45) is 0. The van der Waals surface area contributed by atoms with E-state index in [-0.39, 0.29) is 5.54 Å². The van der Waals surface area contributed by atoms with Crippen molar-refractivity contribution >= 4 is 17.3 Å². The molecule has 1 aliphatic rings. The third kappa shape index (κ3) is 2.44. The Hall–Kier alpha value is -1.81. The number of hydrogen-bond donors (Lipinski definition) is 1. The standard InChI is InChI=1S/C17H21N3S/c1-12-6-7-15(13(2)9-12)17(3)11-19-16(18)20(17)10-14-5-4-8-21-14/h4-9H,10-11H2,1-3H3,(H2,18,19). The summed E-state index contributed by atoms with van der Waals surface area (Å²) in [6, 6.07) is 10.9. The molecule has 0 amide bonds. The third-order valence-corrected chi connectivity index (χ3v) is 5.14. The maximum Gasteiger partial charge on any atom is 0.192 e. The molecule has 1 aliphatic heterocycles. The zero-order chi connectivity index (χ0) is 15.0. The van der Waals surface area contributed by atoms with Gasteiger partial charge in [0, 0.05) is 4.88 Å². The summed E-state index contributed by atoms with van der Waals surface area (Å²) < 4.78 is 0. The van der Waals surface area contributed by atoms with Gasteiger partial charge in [0.25, 0.3) is 0 Å². The van der Waals surface area contributed by atoms with Crippen LogP contribution in [0.3, 0.4) is 0 Å². The summed E-state index contributed by atoms with van der Waals surface area (Å²) in [7, 11) is 0. The molecule has 0 spiro atoms. The van der Waals surface area contributed by atoms with Crippen LogP contribution >= 0.6 is 11.3 Å². The molecule has 0 bridgehead atoms. The third-order valence-electron chi connectivity index (χ3n) is 4.28. The van der Waals surface area contributed by atoms with Crippen LogP contribution in [0.4, 0.5) is 0 Å². The molecule has 0 fully saturated rings. The van der Waals surface area contributed by atoms with Gasteiger partial charge in [-0.2, -0.15) is 0 Å². The molecular weight excluding hydrogens is 278 g/mol. The Morgan fingerprint density at radius 2 is 2.14 bits per heavy atom. The molecule has 3 nitrogen and oxygen atoms in total. The first-order valence-electron chi connectivity index (χ1n) is 7.18. The van der Waals surface area contributed by atoms with Crippen LogP contribution in [0.5, 0.6) is 0 Å². The fourth-order valence-corrected chi connectivity index (χ4v) is 3.81. The molecular formula is C17H21N3S. The largest absolute Gasteiger partial charge is 0.370 e. The number of rotatable bonds is 3. The Kier molecular flexibility index (Phi) is 3.49. The van der Waals surface area contributed by atoms with E-state index < -0.39 is 0 Å². The lowest BCUT2D eigenvalue weighted by Gasteiger charge is -2.37. The fraction of sp³-hybridized carbons (Fsp3) is 0.353. The lowest BCUT2D eigenvalue weighted by molar-refractivity contribution is 0.218. The first-order valence-corrected chi connectivity index (χ1v) is 8.06. The van der Waals surface area contributed by atoms with E-state index in [9.17, 15) is 0 Å². The van der Waals surface area contributed by atoms with Gasteiger partial charge in [-0.25, -0.2) is 0 Å². The molecule has 1 unspecified atom stereocenters. The van der Waals surface area contributed by atoms with Crippen molar-refractivity contribution in [2.75, 3.05) is 6.54 Å². The lowest BCUT2D eigenvalue weighted by atomic mass is 9.87. The molecule has 1 atom stereocenters. The van der Waals surface area contributed by atoms with Crippen molar-refractivity contribution in [1.29, 1.82) is 0 Å². The van der Waals surface area contributed by atoms with Crippen LogP contribution in [0.2, 0.25) is 0 Å². The van der Waals surface area contributed by atoms with Crippen molar-refractivity contribution in [2.24, 2.45) is 10.7 Å². The molecule has 110 valence electrons. The Morgan fingerprint density at radius 3 is 2.81 bits per heavy atom. The fourth-order valence-electron chi connectivity index (χ4n) is 3.12. The SMILES string of the molecule is Cc1ccc(C2(C)CN=C(N)N2Cc2cccs2)c(C)c1. The van der Waals surface area contributed by atoms with Crippen molar-refractivity contribution in [3.63, 3.8) is 0 Å². The van der Waals surface area contributed by atoms with Crippen molar-refractivity contribution in [2.45, 2.75) is 32.9 Å². The van der Waals surface area contributed by atoms with Crippen molar-refractivity contribution in [3.05, 3.63) is 57.3 Å². The molecule has 1 aromatic carbocycles. The average Bonchev–Trinajstić information content (AvgIpc) is 3.03. The minimum absolute atomic E-state index is 0.161. The van der Waals surface area contributed by atoms with Crippen LogP contribution in [0, 0.1) is 13.8 Å². The number of nitrogens with two attached hydrogens (primary N) is 1. The topological polar surface area (TPSA) is 41.6 Å². The molecule has 3 rings (SSSR count). The Balaban J connectivity index is 1.98. The molecule has 2 N–H and O–H groups in total. The van der Waals surface area contributed by atoms with Crippen molar-refractivity contribution in [1.82, 2.24) is 4.90 Å². The highest BCUT2D eigenvalue weighted by atomic mass is 32.1. The van der Waals surface area contributed by atoms with Gasteiger partial charge in [-0.05, 0) is 43.3 Å². The first kappa shape index (κ1) is 14.1. The first-order chi connectivity index (χ1) is 10.0. The van der Waals surface area contributed by atoms with Gasteiger partial charge in [0.1, 0.15) is 0 Å². The predicted molar refractivity (Wildman–Crippen MR) is 89.6 cm³/mol. The van der Waals surface area contributed by atoms with Gasteiger partial charge in [-0.3, -0.25) is 4.99 Å². The highest BCUT2D eigenvalue weighted by Gasteiger charge is 2.40. The second-order valence-corrected chi connectivity index (χ2v) is 6.96. The molecule has 2 aromatic rings. The second kappa shape index (κ2) is 5.19. The van der Waals surface area contributed by atoms with Gasteiger partial charge in [-0.15, -0.1) is 11.3 Å². The molecule has 21 heavy (non-hydrogen) atoms. The quantitative estimate of drug-likeness (QED) is 0.943. The summed E-state index contributed by atoms with van der Waals surface area (Å²) in [4.78, 5) is 8.06. The molecule has 0 aliphatic carbocycles. The highest BCUT2D eigenvalue weighted by Crippen LogP contribution is 2.36. The maximum absolute atomic E-state index is 6.17. The van der Waals surface area contributed by atoms with E-state index >= 15 is 0 Å². The minimum atomic E-state index is -0.161. The zero-order valence-electron chi connectivity index (χ0n) is 12.8. The van der Waals surface area contributed by atoms with Gasteiger partial charge in [0.05, 0.1) is 18.6 Å². The molecule has 1 aromatic heterocycles. The van der Waals surface area contributed by atoms with Gasteiger partial charge in [0.2, 0.25) is 0 Å². The Bertz CT molecular complexity index is 675. The summed E-state index contributed by atoms with van der Waals surface area (Å²) in [5.41, 5.74) is 9.91. The van der Waals surface area contributed by atoms with Gasteiger partial charge >= 0.3 is 0 Å². The average molecular weight is 299 g/mol. The molecule has 0 saturated heterocycles. The summed E-state index contributed by atoms with van der Waals surface area (Å²) >= 11 is 1.76. The Morgan fingerprint density at radius 1 is 1.33 bits per heavy atom. The van der Waals surface area contributed by atoms with Crippen LogP contribution < -0.4 is 5.73 Å². The molecule has 4 heteroatoms. The number of aryl methyl sites for hydroxylation is 2. The van der Waals surface area contributed by atoms with Crippen LogP contribution in [-0.4, -0.2) is 17.4 Å². The number of aliphatic imine (C=N–C) groups is 1. The van der Waals surface area contributed by atoms with Crippen molar-refractivity contribution < 1.29 is 0 Å². The van der Waals surface area contributed by atoms with E-state index in [0.717, 1.165) is 6.54 Å². The van der Waals surface area contributed by atoms with Crippen LogP contribution in [-0.2, 0) is 12.1 Å². The monoisotopic (exact) mass is 299 g/mol. The normalized spacial score (nSPS) is 21.7. The summed E-state index contributed by atoms with van der Waals surface area (Å²) in [5.74, 6) is 0.644. The van der Waals surface area contributed by atoms with E-state index in [1.165, 1.54) is 21.6 Å². The van der Waals surface area contributed by atoms with E-state index in [2.05, 4.69) is 66.4 Å². The minimum Gasteiger partial charge on any atom is -0.370 e. The smallest absolute Gasteiger partial charge is 0.192 e. The van der Waals surface area contributed by atoms with Crippen LogP contribution in [0.25, 0.3) is 0 Å². The Labute approximate surface area is 130 Å². The number of benzene rings is 1. The van der Waals surface area contributed by atoms with E-state index in [4.69, 9.17) is 5.73 Å².